The van der Waals surface area contributed by atoms with Gasteiger partial charge in [-0.1, -0.05) is 26.0 Å². The van der Waals surface area contributed by atoms with Crippen molar-refractivity contribution in [3.05, 3.63) is 29.8 Å². The van der Waals surface area contributed by atoms with Crippen LogP contribution in [0, 0.1) is 16.7 Å². The summed E-state index contributed by atoms with van der Waals surface area (Å²) in [6.45, 7) is 11.8. The smallest absolute Gasteiger partial charge is 0.0344 e. The van der Waals surface area contributed by atoms with Crippen LogP contribution in [0.3, 0.4) is 0 Å². The van der Waals surface area contributed by atoms with Crippen molar-refractivity contribution in [2.24, 2.45) is 16.7 Å². The molecule has 4 bridgehead atoms. The molecule has 1 aromatic rings. The van der Waals surface area contributed by atoms with E-state index in [-0.39, 0.29) is 5.54 Å². The maximum absolute atomic E-state index is 3.60. The Morgan fingerprint density at radius 2 is 1.43 bits per heavy atom. The number of nitrogens with one attached hydrogen (secondary N) is 1. The second-order valence-electron chi connectivity index (χ2n) is 10.9. The van der Waals surface area contributed by atoms with Crippen LogP contribution in [0.4, 0.5) is 5.69 Å². The maximum atomic E-state index is 3.60. The lowest BCUT2D eigenvalue weighted by molar-refractivity contribution is -0.109. The summed E-state index contributed by atoms with van der Waals surface area (Å²) >= 11 is 0. The van der Waals surface area contributed by atoms with Crippen LogP contribution in [-0.4, -0.2) is 5.54 Å². The van der Waals surface area contributed by atoms with Crippen molar-refractivity contribution in [3.8, 4) is 0 Å². The van der Waals surface area contributed by atoms with Gasteiger partial charge in [-0.05, 0) is 99.2 Å². The first-order valence-corrected chi connectivity index (χ1v) is 9.48. The zero-order valence-electron chi connectivity index (χ0n) is 15.6. The van der Waals surface area contributed by atoms with Crippen molar-refractivity contribution in [1.82, 2.24) is 0 Å². The van der Waals surface area contributed by atoms with E-state index in [0.29, 0.717) is 16.2 Å². The molecule has 126 valence electrons. The molecule has 1 aromatic carbocycles. The van der Waals surface area contributed by atoms with Crippen molar-refractivity contribution < 1.29 is 0 Å². The van der Waals surface area contributed by atoms with Crippen LogP contribution >= 0.6 is 0 Å². The summed E-state index contributed by atoms with van der Waals surface area (Å²) in [7, 11) is 0. The molecular weight excluding hydrogens is 278 g/mol. The Hall–Kier alpha value is -0.980. The molecule has 0 aromatic heterocycles. The van der Waals surface area contributed by atoms with Gasteiger partial charge >= 0.3 is 0 Å². The summed E-state index contributed by atoms with van der Waals surface area (Å²) in [6.07, 6.45) is 8.68. The van der Waals surface area contributed by atoms with E-state index in [1.807, 2.05) is 0 Å². The van der Waals surface area contributed by atoms with Gasteiger partial charge in [0.1, 0.15) is 0 Å². The average molecular weight is 312 g/mol. The van der Waals surface area contributed by atoms with Gasteiger partial charge in [-0.15, -0.1) is 0 Å². The van der Waals surface area contributed by atoms with Crippen LogP contribution in [0.5, 0.6) is 0 Å². The first-order chi connectivity index (χ1) is 10.6. The van der Waals surface area contributed by atoms with Crippen LogP contribution in [0.2, 0.25) is 0 Å². The molecule has 1 nitrogen and oxygen atoms in total. The van der Waals surface area contributed by atoms with Gasteiger partial charge in [0, 0.05) is 11.2 Å². The predicted octanol–water partition coefficient (Wildman–Crippen LogP) is 6.15. The van der Waals surface area contributed by atoms with E-state index < -0.39 is 0 Å². The molecular formula is C22H33N. The third kappa shape index (κ3) is 2.71. The molecule has 23 heavy (non-hydrogen) atoms. The molecule has 2 unspecified atom stereocenters. The fourth-order valence-electron chi connectivity index (χ4n) is 7.11. The van der Waals surface area contributed by atoms with Crippen LogP contribution < -0.4 is 5.32 Å². The van der Waals surface area contributed by atoms with E-state index in [4.69, 9.17) is 0 Å². The highest BCUT2D eigenvalue weighted by Crippen LogP contribution is 2.69. The summed E-state index contributed by atoms with van der Waals surface area (Å²) in [5, 5.41) is 3.60. The zero-order valence-corrected chi connectivity index (χ0v) is 15.6. The molecule has 4 aliphatic carbocycles. The number of rotatable bonds is 2. The lowest BCUT2D eigenvalue weighted by atomic mass is 9.39. The van der Waals surface area contributed by atoms with E-state index in [9.17, 15) is 0 Å². The lowest BCUT2D eigenvalue weighted by Gasteiger charge is -2.65. The maximum Gasteiger partial charge on any atom is 0.0344 e. The largest absolute Gasteiger partial charge is 0.380 e. The molecule has 5 rings (SSSR count). The minimum absolute atomic E-state index is 0.128. The van der Waals surface area contributed by atoms with Gasteiger partial charge in [0.2, 0.25) is 0 Å². The minimum atomic E-state index is 0.128. The Balaban J connectivity index is 1.65. The standard InChI is InChI=1S/C22H33N/c1-19(2,3)23-18-8-6-17(7-9-18)22-12-16-10-20(4,14-22)13-21(5,11-16)15-22/h6-9,16,23H,10-15H2,1-5H3. The Kier molecular flexibility index (Phi) is 3.08. The van der Waals surface area contributed by atoms with Crippen LogP contribution in [0.1, 0.15) is 78.7 Å². The topological polar surface area (TPSA) is 12.0 Å². The molecule has 0 amide bonds. The molecule has 0 saturated heterocycles. The third-order valence-corrected chi connectivity index (χ3v) is 6.64. The molecule has 0 radical (unpaired) electrons. The van der Waals surface area contributed by atoms with Gasteiger partial charge < -0.3 is 5.32 Å². The highest BCUT2D eigenvalue weighted by atomic mass is 14.9. The Bertz CT molecular complexity index is 588. The Labute approximate surface area is 142 Å². The fraction of sp³-hybridized carbons (Fsp3) is 0.727. The van der Waals surface area contributed by atoms with Crippen molar-refractivity contribution in [2.75, 3.05) is 5.32 Å². The number of hydrogen-bond donors (Lipinski definition) is 1. The summed E-state index contributed by atoms with van der Waals surface area (Å²) in [5.41, 5.74) is 4.64. The van der Waals surface area contributed by atoms with E-state index in [0.717, 1.165) is 5.92 Å². The normalized spacial score (nSPS) is 42.0. The van der Waals surface area contributed by atoms with Crippen LogP contribution in [0.15, 0.2) is 24.3 Å². The van der Waals surface area contributed by atoms with Gasteiger partial charge in [0.05, 0.1) is 0 Å². The molecule has 4 fully saturated rings. The number of anilines is 1. The monoisotopic (exact) mass is 311 g/mol. The molecule has 1 heteroatoms. The van der Waals surface area contributed by atoms with Gasteiger partial charge in [-0.3, -0.25) is 0 Å². The summed E-state index contributed by atoms with van der Waals surface area (Å²) < 4.78 is 0. The SMILES string of the molecule is CC12CC3CC(C)(C1)CC(c1ccc(NC(C)(C)C)cc1)(C3)C2. The first kappa shape index (κ1) is 15.5. The fourth-order valence-corrected chi connectivity index (χ4v) is 7.11. The highest BCUT2D eigenvalue weighted by molar-refractivity contribution is 5.48. The number of hydrogen-bond acceptors (Lipinski definition) is 1. The lowest BCUT2D eigenvalue weighted by Crippen LogP contribution is -2.56. The Morgan fingerprint density at radius 3 is 1.91 bits per heavy atom. The van der Waals surface area contributed by atoms with Crippen molar-refractivity contribution >= 4 is 5.69 Å². The predicted molar refractivity (Wildman–Crippen MR) is 98.9 cm³/mol. The third-order valence-electron chi connectivity index (χ3n) is 6.64. The van der Waals surface area contributed by atoms with Crippen LogP contribution in [-0.2, 0) is 5.41 Å². The molecule has 1 N–H and O–H groups in total. The molecule has 4 aliphatic rings. The van der Waals surface area contributed by atoms with Gasteiger partial charge in [-0.2, -0.15) is 0 Å². The van der Waals surface area contributed by atoms with Crippen LogP contribution in [0.25, 0.3) is 0 Å². The molecule has 0 aliphatic heterocycles. The summed E-state index contributed by atoms with van der Waals surface area (Å²) in [5.74, 6) is 0.966. The van der Waals surface area contributed by atoms with Gasteiger partial charge in [0.25, 0.3) is 0 Å². The minimum Gasteiger partial charge on any atom is -0.380 e. The summed E-state index contributed by atoms with van der Waals surface area (Å²) in [4.78, 5) is 0. The molecule has 0 spiro atoms. The molecule has 0 heterocycles. The van der Waals surface area contributed by atoms with E-state index in [1.54, 1.807) is 5.56 Å². The average Bonchev–Trinajstić information content (AvgIpc) is 2.32. The van der Waals surface area contributed by atoms with Crippen molar-refractivity contribution in [1.29, 1.82) is 0 Å². The first-order valence-electron chi connectivity index (χ1n) is 9.48. The second-order valence-corrected chi connectivity index (χ2v) is 10.9. The van der Waals surface area contributed by atoms with Gasteiger partial charge in [-0.25, -0.2) is 0 Å². The second kappa shape index (κ2) is 4.55. The van der Waals surface area contributed by atoms with Gasteiger partial charge in [0.15, 0.2) is 0 Å². The molecule has 4 saturated carbocycles. The molecule has 2 atom stereocenters. The van der Waals surface area contributed by atoms with E-state index in [1.165, 1.54) is 44.2 Å². The summed E-state index contributed by atoms with van der Waals surface area (Å²) in [6, 6.07) is 9.47. The van der Waals surface area contributed by atoms with E-state index in [2.05, 4.69) is 64.2 Å². The Morgan fingerprint density at radius 1 is 0.870 bits per heavy atom. The van der Waals surface area contributed by atoms with Crippen molar-refractivity contribution in [2.45, 2.75) is 84.1 Å². The van der Waals surface area contributed by atoms with Crippen molar-refractivity contribution in [3.63, 3.8) is 0 Å². The number of benzene rings is 1. The highest BCUT2D eigenvalue weighted by Gasteiger charge is 2.60. The quantitative estimate of drug-likeness (QED) is 0.691. The van der Waals surface area contributed by atoms with E-state index >= 15 is 0 Å². The zero-order chi connectivity index (χ0) is 16.5.